The Morgan fingerprint density at radius 2 is 2.04 bits per heavy atom. The number of carbonyl (C=O) groups is 1. The molecule has 0 saturated heterocycles. The van der Waals surface area contributed by atoms with Crippen molar-refractivity contribution in [3.63, 3.8) is 0 Å². The fourth-order valence-corrected chi connectivity index (χ4v) is 3.92. The highest BCUT2D eigenvalue weighted by Crippen LogP contribution is 2.20. The van der Waals surface area contributed by atoms with Crippen LogP contribution < -0.4 is 5.32 Å². The van der Waals surface area contributed by atoms with Gasteiger partial charge in [0.25, 0.3) is 5.91 Å². The molecule has 0 atom stereocenters. The van der Waals surface area contributed by atoms with E-state index in [1.807, 2.05) is 16.7 Å². The number of fused-ring (bicyclic) bond motifs is 1. The molecule has 1 aliphatic heterocycles. The number of benzene rings is 1. The van der Waals surface area contributed by atoms with Crippen LogP contribution in [0.1, 0.15) is 54.1 Å². The first-order valence-corrected chi connectivity index (χ1v) is 9.42. The van der Waals surface area contributed by atoms with Crippen LogP contribution in [0.3, 0.4) is 0 Å². The summed E-state index contributed by atoms with van der Waals surface area (Å²) >= 11 is 0. The normalized spacial score (nSPS) is 18.5. The van der Waals surface area contributed by atoms with Gasteiger partial charge in [-0.3, -0.25) is 9.69 Å². The smallest absolute Gasteiger partial charge is 0.289 e. The minimum Gasteiger partial charge on any atom is -0.508 e. The Kier molecular flexibility index (Phi) is 4.88. The summed E-state index contributed by atoms with van der Waals surface area (Å²) in [6.45, 7) is 2.92. The molecule has 26 heavy (non-hydrogen) atoms. The minimum atomic E-state index is -0.0999. The lowest BCUT2D eigenvalue weighted by molar-refractivity contribution is 0.0908. The average molecular weight is 355 g/mol. The second kappa shape index (κ2) is 7.45. The van der Waals surface area contributed by atoms with E-state index in [4.69, 9.17) is 0 Å². The molecule has 1 aromatic heterocycles. The zero-order valence-electron chi connectivity index (χ0n) is 14.9. The topological polar surface area (TPSA) is 83.3 Å². The van der Waals surface area contributed by atoms with Crippen LogP contribution >= 0.6 is 0 Å². The molecule has 2 N–H and O–H groups in total. The van der Waals surface area contributed by atoms with E-state index < -0.39 is 0 Å². The van der Waals surface area contributed by atoms with Crippen LogP contribution in [-0.2, 0) is 19.6 Å². The van der Waals surface area contributed by atoms with Gasteiger partial charge in [0.1, 0.15) is 11.6 Å². The molecule has 4 rings (SSSR count). The summed E-state index contributed by atoms with van der Waals surface area (Å²) in [6, 6.07) is 7.58. The van der Waals surface area contributed by atoms with Gasteiger partial charge >= 0.3 is 0 Å². The lowest BCUT2D eigenvalue weighted by Gasteiger charge is -2.28. The number of nitrogens with zero attached hydrogens (tertiary/aromatic N) is 4. The molecule has 0 bridgehead atoms. The SMILES string of the molecule is O=C(NC1CCCCC1)c1nnc2n1CCN(Cc1cccc(O)c1)C2. The summed E-state index contributed by atoms with van der Waals surface area (Å²) in [7, 11) is 0. The van der Waals surface area contributed by atoms with E-state index in [0.29, 0.717) is 18.9 Å². The van der Waals surface area contributed by atoms with Crippen molar-refractivity contribution >= 4 is 5.91 Å². The van der Waals surface area contributed by atoms with Crippen molar-refractivity contribution < 1.29 is 9.90 Å². The Bertz CT molecular complexity index is 782. The number of rotatable bonds is 4. The molecule has 1 fully saturated rings. The molecule has 1 aromatic carbocycles. The molecular formula is C19H25N5O2. The van der Waals surface area contributed by atoms with Crippen molar-refractivity contribution in [2.45, 2.75) is 57.8 Å². The molecule has 0 radical (unpaired) electrons. The Morgan fingerprint density at radius 1 is 1.19 bits per heavy atom. The quantitative estimate of drug-likeness (QED) is 0.877. The lowest BCUT2D eigenvalue weighted by atomic mass is 9.95. The van der Waals surface area contributed by atoms with E-state index in [0.717, 1.165) is 37.3 Å². The molecule has 0 unspecified atom stereocenters. The second-order valence-corrected chi connectivity index (χ2v) is 7.28. The standard InChI is InChI=1S/C19H25N5O2/c25-16-8-4-5-14(11-16)12-23-9-10-24-17(13-23)21-22-18(24)19(26)20-15-6-2-1-3-7-15/h4-5,8,11,15,25H,1-3,6-7,9-10,12-13H2,(H,20,26). The molecule has 7 heteroatoms. The highest BCUT2D eigenvalue weighted by atomic mass is 16.3. The average Bonchev–Trinajstić information content (AvgIpc) is 3.06. The van der Waals surface area contributed by atoms with Crippen LogP contribution in [0.25, 0.3) is 0 Å². The van der Waals surface area contributed by atoms with Gasteiger partial charge in [0.05, 0.1) is 6.54 Å². The van der Waals surface area contributed by atoms with E-state index in [2.05, 4.69) is 20.4 Å². The summed E-state index contributed by atoms with van der Waals surface area (Å²) in [5, 5.41) is 21.1. The fourth-order valence-electron chi connectivity index (χ4n) is 3.92. The lowest BCUT2D eigenvalue weighted by Crippen LogP contribution is -2.39. The minimum absolute atomic E-state index is 0.0999. The number of carbonyl (C=O) groups excluding carboxylic acids is 1. The molecule has 1 amide bonds. The van der Waals surface area contributed by atoms with Gasteiger partial charge in [-0.05, 0) is 30.5 Å². The summed E-state index contributed by atoms with van der Waals surface area (Å²) in [5.41, 5.74) is 1.06. The zero-order valence-corrected chi connectivity index (χ0v) is 14.9. The predicted molar refractivity (Wildman–Crippen MR) is 96.6 cm³/mol. The molecule has 2 aromatic rings. The van der Waals surface area contributed by atoms with Crippen LogP contribution in [0.2, 0.25) is 0 Å². The summed E-state index contributed by atoms with van der Waals surface area (Å²) in [4.78, 5) is 14.8. The summed E-state index contributed by atoms with van der Waals surface area (Å²) < 4.78 is 1.94. The zero-order chi connectivity index (χ0) is 17.9. The first-order valence-electron chi connectivity index (χ1n) is 9.42. The largest absolute Gasteiger partial charge is 0.508 e. The third-order valence-corrected chi connectivity index (χ3v) is 5.29. The van der Waals surface area contributed by atoms with Crippen molar-refractivity contribution in [3.8, 4) is 5.75 Å². The highest BCUT2D eigenvalue weighted by Gasteiger charge is 2.26. The highest BCUT2D eigenvalue weighted by molar-refractivity contribution is 5.90. The van der Waals surface area contributed by atoms with E-state index in [-0.39, 0.29) is 17.7 Å². The fraction of sp³-hybridized carbons (Fsp3) is 0.526. The third-order valence-electron chi connectivity index (χ3n) is 5.29. The van der Waals surface area contributed by atoms with Crippen LogP contribution in [-0.4, -0.2) is 43.3 Å². The molecular weight excluding hydrogens is 330 g/mol. The third kappa shape index (κ3) is 3.72. The monoisotopic (exact) mass is 355 g/mol. The van der Waals surface area contributed by atoms with Gasteiger partial charge in [-0.2, -0.15) is 0 Å². The van der Waals surface area contributed by atoms with E-state index >= 15 is 0 Å². The number of hydrogen-bond acceptors (Lipinski definition) is 5. The van der Waals surface area contributed by atoms with E-state index in [1.54, 1.807) is 12.1 Å². The van der Waals surface area contributed by atoms with Crippen LogP contribution in [0, 0.1) is 0 Å². The number of nitrogens with one attached hydrogen (secondary N) is 1. The van der Waals surface area contributed by atoms with Crippen LogP contribution in [0.4, 0.5) is 0 Å². The summed E-state index contributed by atoms with van der Waals surface area (Å²) in [5.74, 6) is 1.44. The van der Waals surface area contributed by atoms with Crippen molar-refractivity contribution in [1.82, 2.24) is 25.0 Å². The Morgan fingerprint density at radius 3 is 2.85 bits per heavy atom. The van der Waals surface area contributed by atoms with Crippen molar-refractivity contribution in [2.75, 3.05) is 6.54 Å². The van der Waals surface area contributed by atoms with Gasteiger partial charge in [0.15, 0.2) is 0 Å². The van der Waals surface area contributed by atoms with Gasteiger partial charge in [-0.1, -0.05) is 31.4 Å². The van der Waals surface area contributed by atoms with Crippen molar-refractivity contribution in [2.24, 2.45) is 0 Å². The molecule has 0 spiro atoms. The summed E-state index contributed by atoms with van der Waals surface area (Å²) in [6.07, 6.45) is 5.76. The van der Waals surface area contributed by atoms with Gasteiger partial charge in [0, 0.05) is 25.7 Å². The number of phenolic OH excluding ortho intramolecular Hbond substituents is 1. The number of aromatic nitrogens is 3. The number of hydrogen-bond donors (Lipinski definition) is 2. The van der Waals surface area contributed by atoms with Crippen LogP contribution in [0.15, 0.2) is 24.3 Å². The van der Waals surface area contributed by atoms with Gasteiger partial charge in [0.2, 0.25) is 5.82 Å². The molecule has 138 valence electrons. The number of amides is 1. The Labute approximate surface area is 153 Å². The second-order valence-electron chi connectivity index (χ2n) is 7.28. The molecule has 2 heterocycles. The molecule has 2 aliphatic rings. The van der Waals surface area contributed by atoms with Crippen molar-refractivity contribution in [1.29, 1.82) is 0 Å². The van der Waals surface area contributed by atoms with Crippen molar-refractivity contribution in [3.05, 3.63) is 41.5 Å². The first-order chi connectivity index (χ1) is 12.7. The first kappa shape index (κ1) is 17.0. The van der Waals surface area contributed by atoms with Crippen LogP contribution in [0.5, 0.6) is 5.75 Å². The maximum Gasteiger partial charge on any atom is 0.289 e. The Hall–Kier alpha value is -2.41. The number of aromatic hydroxyl groups is 1. The van der Waals surface area contributed by atoms with Gasteiger partial charge in [-0.25, -0.2) is 0 Å². The van der Waals surface area contributed by atoms with E-state index in [1.165, 1.54) is 19.3 Å². The predicted octanol–water partition coefficient (Wildman–Crippen LogP) is 2.06. The van der Waals surface area contributed by atoms with Gasteiger partial charge in [-0.15, -0.1) is 10.2 Å². The maximum absolute atomic E-state index is 12.6. The van der Waals surface area contributed by atoms with Gasteiger partial charge < -0.3 is 15.0 Å². The van der Waals surface area contributed by atoms with E-state index in [9.17, 15) is 9.90 Å². The molecule has 1 aliphatic carbocycles. The molecule has 1 saturated carbocycles. The molecule has 7 nitrogen and oxygen atoms in total. The Balaban J connectivity index is 1.40. The maximum atomic E-state index is 12.6. The number of phenols is 1.